The van der Waals surface area contributed by atoms with E-state index in [1.165, 1.54) is 27.1 Å². The Morgan fingerprint density at radius 2 is 2.14 bits per heavy atom. The van der Waals surface area contributed by atoms with Gasteiger partial charge in [-0.2, -0.15) is 13.5 Å². The molecule has 1 aromatic carbocycles. The molecule has 2 heterocycles. The van der Waals surface area contributed by atoms with Gasteiger partial charge < -0.3 is 11.5 Å². The molecule has 0 saturated carbocycles. The Balaban J connectivity index is 1.77. The zero-order valence-electron chi connectivity index (χ0n) is 14.7. The van der Waals surface area contributed by atoms with Crippen molar-refractivity contribution in [1.82, 2.24) is 9.38 Å². The van der Waals surface area contributed by atoms with Crippen LogP contribution in [0, 0.1) is 0 Å². The van der Waals surface area contributed by atoms with Crippen molar-refractivity contribution in [3.63, 3.8) is 0 Å². The molecule has 0 amide bonds. The molecule has 3 aromatic rings. The minimum absolute atomic E-state index is 0.0603. The van der Waals surface area contributed by atoms with Gasteiger partial charge >= 0.3 is 0 Å². The van der Waals surface area contributed by atoms with Crippen LogP contribution in [0.5, 0.6) is 0 Å². The van der Waals surface area contributed by atoms with Crippen LogP contribution < -0.4 is 15.8 Å². The third kappa shape index (κ3) is 3.01. The molecule has 0 radical (unpaired) electrons. The average molecular weight is 438 g/mol. The average Bonchev–Trinajstić information content (AvgIpc) is 3.32. The smallest absolute Gasteiger partial charge is 0.283 e. The van der Waals surface area contributed by atoms with E-state index in [1.54, 1.807) is 23.7 Å². The van der Waals surface area contributed by atoms with E-state index in [9.17, 15) is 8.42 Å². The molecule has 0 spiro atoms. The lowest BCUT2D eigenvalue weighted by Gasteiger charge is -2.20. The summed E-state index contributed by atoms with van der Waals surface area (Å²) in [5, 5.41) is 9.41. The number of nitrogens with zero attached hydrogens (tertiary/aromatic N) is 5. The second-order valence-corrected chi connectivity index (χ2v) is 9.26. The van der Waals surface area contributed by atoms with E-state index < -0.39 is 10.0 Å². The van der Waals surface area contributed by atoms with Gasteiger partial charge in [-0.3, -0.25) is 8.71 Å². The Hall–Kier alpha value is -2.63. The summed E-state index contributed by atoms with van der Waals surface area (Å²) in [5.74, 6) is -0.132. The molecule has 0 unspecified atom stereocenters. The molecule has 4 rings (SSSR count). The summed E-state index contributed by atoms with van der Waals surface area (Å²) >= 11 is 7.43. The molecular weight excluding hydrogens is 422 g/mol. The first-order valence-corrected chi connectivity index (χ1v) is 10.9. The first-order valence-electron chi connectivity index (χ1n) is 8.18. The van der Waals surface area contributed by atoms with E-state index in [1.807, 2.05) is 6.07 Å². The number of thiazole rings is 1. The van der Waals surface area contributed by atoms with Crippen LogP contribution in [0.15, 0.2) is 45.0 Å². The van der Waals surface area contributed by atoms with Crippen molar-refractivity contribution >= 4 is 55.3 Å². The minimum atomic E-state index is -3.94. The van der Waals surface area contributed by atoms with Crippen LogP contribution in [-0.4, -0.2) is 36.5 Å². The number of nitrogens with two attached hydrogens (primary N) is 2. The Morgan fingerprint density at radius 1 is 1.36 bits per heavy atom. The molecule has 0 bridgehead atoms. The largest absolute Gasteiger partial charge is 0.369 e. The SMILES string of the molecule is CN(c1ccc2c(c1)/C(=N\N=C(N)N)CC2)S(=O)(=O)c1c(Cl)nc2sccn12. The molecule has 0 aliphatic heterocycles. The summed E-state index contributed by atoms with van der Waals surface area (Å²) in [4.78, 5) is 4.62. The quantitative estimate of drug-likeness (QED) is 0.365. The van der Waals surface area contributed by atoms with Gasteiger partial charge in [0.15, 0.2) is 15.1 Å². The summed E-state index contributed by atoms with van der Waals surface area (Å²) in [6.07, 6.45) is 3.09. The second kappa shape index (κ2) is 6.76. The summed E-state index contributed by atoms with van der Waals surface area (Å²) in [6.45, 7) is 0. The molecule has 4 N–H and O–H groups in total. The molecule has 28 heavy (non-hydrogen) atoms. The zero-order chi connectivity index (χ0) is 20.1. The minimum Gasteiger partial charge on any atom is -0.369 e. The fourth-order valence-corrected chi connectivity index (χ4v) is 5.68. The Kier molecular flexibility index (Phi) is 4.52. The van der Waals surface area contributed by atoms with Crippen LogP contribution in [0.25, 0.3) is 4.96 Å². The van der Waals surface area contributed by atoms with E-state index in [2.05, 4.69) is 15.2 Å². The monoisotopic (exact) mass is 437 g/mol. The van der Waals surface area contributed by atoms with Crippen molar-refractivity contribution in [1.29, 1.82) is 0 Å². The standard InChI is InChI=1S/C16H16ClN7O2S2/c1-23(28(25,26)14-13(17)20-16-24(14)6-7-27-16)10-4-2-9-3-5-12(11(9)8-10)21-22-15(18)19/h2,4,6-8H,3,5H2,1H3,(H4,18,19,22)/b21-12-. The molecule has 0 atom stereocenters. The fourth-order valence-electron chi connectivity index (χ4n) is 3.09. The fraction of sp³-hybridized carbons (Fsp3) is 0.188. The van der Waals surface area contributed by atoms with E-state index in [0.29, 0.717) is 22.8 Å². The predicted octanol–water partition coefficient (Wildman–Crippen LogP) is 1.80. The number of imidazole rings is 1. The van der Waals surface area contributed by atoms with Crippen molar-refractivity contribution in [3.8, 4) is 0 Å². The van der Waals surface area contributed by atoms with Gasteiger partial charge in [-0.05, 0) is 30.5 Å². The number of fused-ring (bicyclic) bond motifs is 2. The van der Waals surface area contributed by atoms with Crippen LogP contribution in [0.1, 0.15) is 17.5 Å². The maximum atomic E-state index is 13.2. The van der Waals surface area contributed by atoms with Gasteiger partial charge in [-0.1, -0.05) is 17.7 Å². The predicted molar refractivity (Wildman–Crippen MR) is 111 cm³/mol. The van der Waals surface area contributed by atoms with E-state index in [-0.39, 0.29) is 16.1 Å². The number of anilines is 1. The molecule has 0 fully saturated rings. The third-order valence-corrected chi connectivity index (χ3v) is 7.41. The highest BCUT2D eigenvalue weighted by molar-refractivity contribution is 7.92. The molecule has 146 valence electrons. The molecule has 12 heteroatoms. The van der Waals surface area contributed by atoms with Crippen LogP contribution in [0.2, 0.25) is 5.15 Å². The number of aryl methyl sites for hydroxylation is 1. The highest BCUT2D eigenvalue weighted by atomic mass is 35.5. The zero-order valence-corrected chi connectivity index (χ0v) is 17.1. The summed E-state index contributed by atoms with van der Waals surface area (Å²) < 4.78 is 29.1. The molecule has 2 aromatic heterocycles. The van der Waals surface area contributed by atoms with Crippen LogP contribution in [0.3, 0.4) is 0 Å². The van der Waals surface area contributed by atoms with Crippen molar-refractivity contribution in [2.24, 2.45) is 21.7 Å². The van der Waals surface area contributed by atoms with Crippen LogP contribution in [-0.2, 0) is 16.4 Å². The molecule has 1 aliphatic carbocycles. The number of rotatable bonds is 4. The number of hydrogen-bond acceptors (Lipinski definition) is 6. The Morgan fingerprint density at radius 3 is 2.89 bits per heavy atom. The maximum Gasteiger partial charge on any atom is 0.283 e. The van der Waals surface area contributed by atoms with Gasteiger partial charge in [0.05, 0.1) is 11.4 Å². The Labute approximate surface area is 170 Å². The molecule has 1 aliphatic rings. The first-order chi connectivity index (χ1) is 13.3. The van der Waals surface area contributed by atoms with Gasteiger partial charge in [-0.25, -0.2) is 4.98 Å². The normalized spacial score (nSPS) is 15.1. The maximum absolute atomic E-state index is 13.2. The second-order valence-electron chi connectivity index (χ2n) is 6.15. The van der Waals surface area contributed by atoms with E-state index in [0.717, 1.165) is 17.5 Å². The topological polar surface area (TPSA) is 131 Å². The summed E-state index contributed by atoms with van der Waals surface area (Å²) in [6, 6.07) is 5.40. The number of sulfonamides is 1. The van der Waals surface area contributed by atoms with Gasteiger partial charge in [0, 0.05) is 24.2 Å². The number of guanidine groups is 1. The van der Waals surface area contributed by atoms with Gasteiger partial charge in [0.1, 0.15) is 0 Å². The summed E-state index contributed by atoms with van der Waals surface area (Å²) in [7, 11) is -2.46. The first kappa shape index (κ1) is 18.7. The number of halogens is 1. The van der Waals surface area contributed by atoms with Gasteiger partial charge in [0.2, 0.25) is 5.96 Å². The lowest BCUT2D eigenvalue weighted by atomic mass is 10.1. The van der Waals surface area contributed by atoms with Crippen molar-refractivity contribution in [3.05, 3.63) is 46.1 Å². The van der Waals surface area contributed by atoms with Crippen molar-refractivity contribution < 1.29 is 8.42 Å². The van der Waals surface area contributed by atoms with Crippen LogP contribution in [0.4, 0.5) is 5.69 Å². The molecule has 9 nitrogen and oxygen atoms in total. The Bertz CT molecular complexity index is 1240. The van der Waals surface area contributed by atoms with Gasteiger partial charge in [0.25, 0.3) is 10.0 Å². The highest BCUT2D eigenvalue weighted by Gasteiger charge is 2.30. The van der Waals surface area contributed by atoms with Crippen molar-refractivity contribution in [2.75, 3.05) is 11.4 Å². The highest BCUT2D eigenvalue weighted by Crippen LogP contribution is 2.32. The molecule has 0 saturated heterocycles. The number of hydrogen-bond donors (Lipinski definition) is 2. The molecular formula is C16H16ClN7O2S2. The third-order valence-electron chi connectivity index (χ3n) is 4.47. The number of aromatic nitrogens is 2. The van der Waals surface area contributed by atoms with Crippen LogP contribution >= 0.6 is 22.9 Å². The lowest BCUT2D eigenvalue weighted by Crippen LogP contribution is -2.28. The lowest BCUT2D eigenvalue weighted by molar-refractivity contribution is 0.590. The van der Waals surface area contributed by atoms with E-state index in [4.69, 9.17) is 23.1 Å². The van der Waals surface area contributed by atoms with E-state index >= 15 is 0 Å². The number of benzene rings is 1. The summed E-state index contributed by atoms with van der Waals surface area (Å²) in [5.41, 5.74) is 13.7. The van der Waals surface area contributed by atoms with Gasteiger partial charge in [-0.15, -0.1) is 16.4 Å². The van der Waals surface area contributed by atoms with Crippen molar-refractivity contribution in [2.45, 2.75) is 17.9 Å².